The fraction of sp³-hybridized carbons (Fsp3) is 0.412. The summed E-state index contributed by atoms with van der Waals surface area (Å²) in [6, 6.07) is 3.75. The van der Waals surface area contributed by atoms with Crippen LogP contribution < -0.4 is 5.32 Å². The van der Waals surface area contributed by atoms with Crippen LogP contribution in [0.1, 0.15) is 25.0 Å². The van der Waals surface area contributed by atoms with Crippen LogP contribution in [-0.4, -0.2) is 45.7 Å². The van der Waals surface area contributed by atoms with E-state index >= 15 is 0 Å². The summed E-state index contributed by atoms with van der Waals surface area (Å²) in [6.07, 6.45) is 4.46. The number of carboxylic acids is 1. The standard InChI is InChI=1S/C17H19N3O4S/c21-14(20-17(9-15(22)23)3-6-24-7-4-17)8-13-11-25-16(19-13)12-2-1-5-18-10-12/h1-2,5,10-11H,3-4,6-9H2,(H,20,21)(H,22,23). The first kappa shape index (κ1) is 17.5. The van der Waals surface area contributed by atoms with E-state index in [1.54, 1.807) is 12.4 Å². The number of aliphatic carboxylic acids is 1. The van der Waals surface area contributed by atoms with E-state index in [0.29, 0.717) is 31.7 Å². The van der Waals surface area contributed by atoms with Crippen molar-refractivity contribution in [2.24, 2.45) is 0 Å². The number of nitrogens with one attached hydrogen (secondary N) is 1. The number of nitrogens with zero attached hydrogens (tertiary/aromatic N) is 2. The fourth-order valence-electron chi connectivity index (χ4n) is 2.91. The monoisotopic (exact) mass is 361 g/mol. The molecule has 1 saturated heterocycles. The van der Waals surface area contributed by atoms with E-state index in [4.69, 9.17) is 9.84 Å². The number of thiazole rings is 1. The van der Waals surface area contributed by atoms with E-state index in [1.807, 2.05) is 17.5 Å². The Morgan fingerprint density at radius 2 is 2.16 bits per heavy atom. The highest BCUT2D eigenvalue weighted by molar-refractivity contribution is 7.13. The Hall–Kier alpha value is -2.32. The highest BCUT2D eigenvalue weighted by Gasteiger charge is 2.36. The van der Waals surface area contributed by atoms with Crippen molar-refractivity contribution in [1.82, 2.24) is 15.3 Å². The van der Waals surface area contributed by atoms with Gasteiger partial charge in [-0.1, -0.05) is 0 Å². The molecule has 7 nitrogen and oxygen atoms in total. The van der Waals surface area contributed by atoms with E-state index in [9.17, 15) is 9.59 Å². The third-order valence-electron chi connectivity index (χ3n) is 4.15. The second-order valence-electron chi connectivity index (χ2n) is 6.07. The zero-order valence-corrected chi connectivity index (χ0v) is 14.4. The van der Waals surface area contributed by atoms with Crippen LogP contribution in [0.3, 0.4) is 0 Å². The number of pyridine rings is 1. The van der Waals surface area contributed by atoms with Gasteiger partial charge >= 0.3 is 5.97 Å². The maximum atomic E-state index is 12.4. The van der Waals surface area contributed by atoms with E-state index in [1.165, 1.54) is 11.3 Å². The highest BCUT2D eigenvalue weighted by Crippen LogP contribution is 2.26. The third kappa shape index (κ3) is 4.61. The zero-order valence-electron chi connectivity index (χ0n) is 13.6. The van der Waals surface area contributed by atoms with Crippen LogP contribution in [-0.2, 0) is 20.7 Å². The fourth-order valence-corrected chi connectivity index (χ4v) is 3.72. The lowest BCUT2D eigenvalue weighted by Crippen LogP contribution is -2.53. The number of aromatic nitrogens is 2. The number of carboxylic acid groups (broad SMARTS) is 1. The molecule has 0 saturated carbocycles. The van der Waals surface area contributed by atoms with Gasteiger partial charge in [-0.2, -0.15) is 0 Å². The van der Waals surface area contributed by atoms with Crippen molar-refractivity contribution in [2.75, 3.05) is 13.2 Å². The summed E-state index contributed by atoms with van der Waals surface area (Å²) >= 11 is 1.46. The molecule has 132 valence electrons. The molecule has 3 heterocycles. The normalized spacial score (nSPS) is 16.3. The highest BCUT2D eigenvalue weighted by atomic mass is 32.1. The lowest BCUT2D eigenvalue weighted by molar-refractivity contribution is -0.140. The van der Waals surface area contributed by atoms with Gasteiger partial charge in [0.25, 0.3) is 0 Å². The number of rotatable bonds is 6. The smallest absolute Gasteiger partial charge is 0.305 e. The average molecular weight is 361 g/mol. The van der Waals surface area contributed by atoms with Gasteiger partial charge in [0.15, 0.2) is 0 Å². The zero-order chi connectivity index (χ0) is 17.7. The maximum absolute atomic E-state index is 12.4. The summed E-state index contributed by atoms with van der Waals surface area (Å²) in [5, 5.41) is 14.7. The van der Waals surface area contributed by atoms with Crippen LogP contribution in [0.5, 0.6) is 0 Å². The minimum Gasteiger partial charge on any atom is -0.481 e. The van der Waals surface area contributed by atoms with Gasteiger partial charge in [0, 0.05) is 36.6 Å². The van der Waals surface area contributed by atoms with Gasteiger partial charge in [0.1, 0.15) is 5.01 Å². The van der Waals surface area contributed by atoms with Crippen molar-refractivity contribution in [3.63, 3.8) is 0 Å². The molecule has 25 heavy (non-hydrogen) atoms. The molecule has 1 aliphatic rings. The summed E-state index contributed by atoms with van der Waals surface area (Å²) in [4.78, 5) is 32.1. The molecule has 0 spiro atoms. The minimum atomic E-state index is -0.922. The summed E-state index contributed by atoms with van der Waals surface area (Å²) in [5.74, 6) is -1.14. The molecule has 0 aliphatic carbocycles. The predicted molar refractivity (Wildman–Crippen MR) is 92.2 cm³/mol. The molecule has 0 unspecified atom stereocenters. The Morgan fingerprint density at radius 3 is 2.84 bits per heavy atom. The van der Waals surface area contributed by atoms with Crippen LogP contribution in [0, 0.1) is 0 Å². The Labute approximate surface area is 149 Å². The molecule has 2 aromatic rings. The van der Waals surface area contributed by atoms with E-state index in [-0.39, 0.29) is 18.7 Å². The van der Waals surface area contributed by atoms with Gasteiger partial charge in [0.2, 0.25) is 5.91 Å². The molecule has 0 bridgehead atoms. The number of hydrogen-bond donors (Lipinski definition) is 2. The van der Waals surface area contributed by atoms with Gasteiger partial charge in [-0.25, -0.2) is 4.98 Å². The Balaban J connectivity index is 1.65. The first-order valence-electron chi connectivity index (χ1n) is 8.02. The summed E-state index contributed by atoms with van der Waals surface area (Å²) < 4.78 is 5.30. The van der Waals surface area contributed by atoms with Crippen molar-refractivity contribution in [3.8, 4) is 10.6 Å². The largest absolute Gasteiger partial charge is 0.481 e. The van der Waals surface area contributed by atoms with Crippen molar-refractivity contribution in [2.45, 2.75) is 31.2 Å². The van der Waals surface area contributed by atoms with Gasteiger partial charge < -0.3 is 15.2 Å². The summed E-state index contributed by atoms with van der Waals surface area (Å²) in [5.41, 5.74) is 0.841. The number of hydrogen-bond acceptors (Lipinski definition) is 6. The molecule has 8 heteroatoms. The molecule has 0 atom stereocenters. The van der Waals surface area contributed by atoms with Crippen LogP contribution in [0.15, 0.2) is 29.9 Å². The number of ether oxygens (including phenoxy) is 1. The van der Waals surface area contributed by atoms with Gasteiger partial charge in [-0.15, -0.1) is 11.3 Å². The molecule has 0 aromatic carbocycles. The molecule has 1 fully saturated rings. The van der Waals surface area contributed by atoms with Gasteiger partial charge in [-0.3, -0.25) is 14.6 Å². The van der Waals surface area contributed by atoms with Crippen LogP contribution >= 0.6 is 11.3 Å². The minimum absolute atomic E-state index is 0.0971. The number of amides is 1. The summed E-state index contributed by atoms with van der Waals surface area (Å²) in [7, 11) is 0. The lowest BCUT2D eigenvalue weighted by Gasteiger charge is -2.36. The van der Waals surface area contributed by atoms with Crippen LogP contribution in [0.2, 0.25) is 0 Å². The first-order valence-corrected chi connectivity index (χ1v) is 8.90. The van der Waals surface area contributed by atoms with E-state index in [0.717, 1.165) is 10.6 Å². The topological polar surface area (TPSA) is 101 Å². The van der Waals surface area contributed by atoms with Crippen molar-refractivity contribution in [1.29, 1.82) is 0 Å². The quantitative estimate of drug-likeness (QED) is 0.815. The average Bonchev–Trinajstić information content (AvgIpc) is 3.04. The Bertz CT molecular complexity index is 741. The van der Waals surface area contributed by atoms with Crippen molar-refractivity contribution in [3.05, 3.63) is 35.6 Å². The van der Waals surface area contributed by atoms with Crippen LogP contribution in [0.25, 0.3) is 10.6 Å². The second-order valence-corrected chi connectivity index (χ2v) is 6.93. The number of carbonyl (C=O) groups excluding carboxylic acids is 1. The summed E-state index contributed by atoms with van der Waals surface area (Å²) in [6.45, 7) is 0.908. The Morgan fingerprint density at radius 1 is 1.36 bits per heavy atom. The maximum Gasteiger partial charge on any atom is 0.305 e. The lowest BCUT2D eigenvalue weighted by atomic mass is 9.86. The van der Waals surface area contributed by atoms with E-state index < -0.39 is 11.5 Å². The Kier molecular flexibility index (Phi) is 5.40. The molecular weight excluding hydrogens is 342 g/mol. The first-order chi connectivity index (χ1) is 12.1. The predicted octanol–water partition coefficient (Wildman–Crippen LogP) is 1.89. The molecule has 2 aromatic heterocycles. The van der Waals surface area contributed by atoms with Gasteiger partial charge in [0.05, 0.1) is 24.1 Å². The molecule has 2 N–H and O–H groups in total. The van der Waals surface area contributed by atoms with Crippen molar-refractivity contribution < 1.29 is 19.4 Å². The number of carbonyl (C=O) groups is 2. The third-order valence-corrected chi connectivity index (χ3v) is 5.09. The molecule has 1 amide bonds. The molecule has 1 aliphatic heterocycles. The van der Waals surface area contributed by atoms with Crippen molar-refractivity contribution >= 4 is 23.2 Å². The SMILES string of the molecule is O=C(O)CC1(NC(=O)Cc2csc(-c3cccnc3)n2)CCOCC1. The van der Waals surface area contributed by atoms with Gasteiger partial charge in [-0.05, 0) is 25.0 Å². The molecular formula is C17H19N3O4S. The molecule has 0 radical (unpaired) electrons. The van der Waals surface area contributed by atoms with E-state index in [2.05, 4.69) is 15.3 Å². The second kappa shape index (κ2) is 7.71. The van der Waals surface area contributed by atoms with Crippen LogP contribution in [0.4, 0.5) is 0 Å². The molecule has 3 rings (SSSR count).